The SMILES string of the molecule is Cc1c(C)c(C)c([N-]CC(C)[CH+]C(C)C[N-]c2c(C)c(C)c(C)c(C)c2C)c(C)c1C.O=[C-]c1ccccc1.O=[C-]c1ccccc1.[Zr+3]. The van der Waals surface area contributed by atoms with Gasteiger partial charge in [-0.3, -0.25) is 0 Å². The molecule has 4 aromatic rings. The average molecular weight is 721 g/mol. The molecule has 4 nitrogen and oxygen atoms in total. The van der Waals surface area contributed by atoms with Crippen LogP contribution >= 0.6 is 0 Å². The summed E-state index contributed by atoms with van der Waals surface area (Å²) in [6, 6.07) is 17.8. The molecule has 0 aliphatic heterocycles. The molecule has 5 heteroatoms. The molecular weight excluding hydrogens is 668 g/mol. The maximum atomic E-state index is 9.88. The van der Waals surface area contributed by atoms with Crippen LogP contribution in [0.1, 0.15) is 80.6 Å². The minimum absolute atomic E-state index is 0. The van der Waals surface area contributed by atoms with Crippen LogP contribution in [-0.2, 0) is 35.8 Å². The first-order valence-corrected chi connectivity index (χ1v) is 16.4. The molecule has 0 spiro atoms. The van der Waals surface area contributed by atoms with Gasteiger partial charge in [0.05, 0.1) is 30.8 Å². The van der Waals surface area contributed by atoms with Crippen LogP contribution in [0.3, 0.4) is 0 Å². The molecule has 0 fully saturated rings. The van der Waals surface area contributed by atoms with Crippen molar-refractivity contribution >= 4 is 23.9 Å². The molecular formula is C43H53N2O2Zr. The summed E-state index contributed by atoms with van der Waals surface area (Å²) >= 11 is 0. The predicted octanol–water partition coefficient (Wildman–Crippen LogP) is 11.2. The summed E-state index contributed by atoms with van der Waals surface area (Å²) in [5.41, 5.74) is 17.2. The summed E-state index contributed by atoms with van der Waals surface area (Å²) in [6.45, 7) is 28.3. The van der Waals surface area contributed by atoms with Gasteiger partial charge in [-0.15, -0.1) is 35.6 Å². The van der Waals surface area contributed by atoms with Gasteiger partial charge in [-0.1, -0.05) is 47.5 Å². The van der Waals surface area contributed by atoms with Crippen molar-refractivity contribution in [1.29, 1.82) is 0 Å². The molecule has 0 saturated carbocycles. The van der Waals surface area contributed by atoms with Crippen molar-refractivity contribution < 1.29 is 35.8 Å². The molecule has 48 heavy (non-hydrogen) atoms. The number of benzene rings is 4. The fourth-order valence-electron chi connectivity index (χ4n) is 5.60. The maximum absolute atomic E-state index is 9.88. The van der Waals surface area contributed by atoms with Gasteiger partial charge in [-0.2, -0.15) is 35.4 Å². The number of hydrogen-bond donors (Lipinski definition) is 0. The van der Waals surface area contributed by atoms with Crippen molar-refractivity contribution in [2.24, 2.45) is 11.8 Å². The van der Waals surface area contributed by atoms with Gasteiger partial charge < -0.3 is 20.2 Å². The van der Waals surface area contributed by atoms with Gasteiger partial charge in [0.1, 0.15) is 0 Å². The van der Waals surface area contributed by atoms with E-state index in [4.69, 9.17) is 10.6 Å². The predicted molar refractivity (Wildman–Crippen MR) is 201 cm³/mol. The molecule has 0 aliphatic carbocycles. The Labute approximate surface area is 310 Å². The molecule has 0 heterocycles. The molecule has 0 N–H and O–H groups in total. The molecule has 2 atom stereocenters. The first kappa shape index (κ1) is 42.6. The number of carbonyl (C=O) groups excluding carboxylic acids is 2. The Balaban J connectivity index is 0.000000548. The summed E-state index contributed by atoms with van der Waals surface area (Å²) in [4.78, 5) is 19.8. The fourth-order valence-corrected chi connectivity index (χ4v) is 5.60. The van der Waals surface area contributed by atoms with Crippen LogP contribution in [0.5, 0.6) is 0 Å². The quantitative estimate of drug-likeness (QED) is 0.153. The molecule has 0 aromatic heterocycles. The average Bonchev–Trinajstić information content (AvgIpc) is 3.09. The molecule has 2 unspecified atom stereocenters. The van der Waals surface area contributed by atoms with Crippen LogP contribution in [0, 0.1) is 87.5 Å². The van der Waals surface area contributed by atoms with Gasteiger partial charge in [0.2, 0.25) is 0 Å². The first-order chi connectivity index (χ1) is 22.2. The molecule has 0 amide bonds. The Morgan fingerprint density at radius 1 is 0.479 bits per heavy atom. The second-order valence-electron chi connectivity index (χ2n) is 12.7. The van der Waals surface area contributed by atoms with Crippen LogP contribution < -0.4 is 0 Å². The Bertz CT molecular complexity index is 1430. The molecule has 1 radical (unpaired) electrons. The van der Waals surface area contributed by atoms with Crippen molar-refractivity contribution in [3.05, 3.63) is 144 Å². The second kappa shape index (κ2) is 20.8. The van der Waals surface area contributed by atoms with Crippen molar-refractivity contribution in [2.45, 2.75) is 83.1 Å². The van der Waals surface area contributed by atoms with E-state index in [0.29, 0.717) is 23.0 Å². The number of rotatable bonds is 10. The largest absolute Gasteiger partial charge is 3.00 e. The smallest absolute Gasteiger partial charge is 0.680 e. The third kappa shape index (κ3) is 11.9. The van der Waals surface area contributed by atoms with E-state index in [2.05, 4.69) is 89.5 Å². The van der Waals surface area contributed by atoms with Crippen LogP contribution in [0.2, 0.25) is 0 Å². The van der Waals surface area contributed by atoms with Crippen molar-refractivity contribution in [3.8, 4) is 0 Å². The van der Waals surface area contributed by atoms with E-state index in [-0.39, 0.29) is 26.2 Å². The summed E-state index contributed by atoms with van der Waals surface area (Å²) in [5.74, 6) is 0.851. The summed E-state index contributed by atoms with van der Waals surface area (Å²) in [6.07, 6.45) is 5.97. The third-order valence-electron chi connectivity index (χ3n) is 9.44. The molecule has 251 valence electrons. The minimum atomic E-state index is 0. The topological polar surface area (TPSA) is 62.3 Å². The second-order valence-corrected chi connectivity index (χ2v) is 12.7. The summed E-state index contributed by atoms with van der Waals surface area (Å²) < 4.78 is 0. The van der Waals surface area contributed by atoms with E-state index in [1.807, 2.05) is 12.1 Å². The minimum Gasteiger partial charge on any atom is -0.680 e. The molecule has 0 bridgehead atoms. The van der Waals surface area contributed by atoms with Gasteiger partial charge in [0, 0.05) is 0 Å². The van der Waals surface area contributed by atoms with Crippen LogP contribution in [0.4, 0.5) is 11.4 Å². The van der Waals surface area contributed by atoms with Gasteiger partial charge >= 0.3 is 26.2 Å². The Morgan fingerprint density at radius 3 is 0.958 bits per heavy atom. The van der Waals surface area contributed by atoms with Crippen molar-refractivity contribution in [2.75, 3.05) is 13.1 Å². The van der Waals surface area contributed by atoms with Crippen molar-refractivity contribution in [3.63, 3.8) is 0 Å². The van der Waals surface area contributed by atoms with E-state index in [9.17, 15) is 9.59 Å². The first-order valence-electron chi connectivity index (χ1n) is 16.4. The van der Waals surface area contributed by atoms with E-state index < -0.39 is 0 Å². The zero-order valence-electron chi connectivity index (χ0n) is 31.1. The molecule has 0 saturated heterocycles. The van der Waals surface area contributed by atoms with Gasteiger partial charge in [0.25, 0.3) is 0 Å². The van der Waals surface area contributed by atoms with Crippen LogP contribution in [0.15, 0.2) is 60.7 Å². The van der Waals surface area contributed by atoms with E-state index in [0.717, 1.165) is 13.1 Å². The van der Waals surface area contributed by atoms with E-state index >= 15 is 0 Å². The Hall–Kier alpha value is -3.43. The van der Waals surface area contributed by atoms with Crippen LogP contribution in [0.25, 0.3) is 10.6 Å². The zero-order valence-corrected chi connectivity index (χ0v) is 33.6. The molecule has 4 aromatic carbocycles. The van der Waals surface area contributed by atoms with Crippen molar-refractivity contribution in [1.82, 2.24) is 0 Å². The third-order valence-corrected chi connectivity index (χ3v) is 9.44. The standard InChI is InChI=1S/C29H43N2.2C7H5O.Zr/c1-16(14-30-28-24(9)20(5)18(3)21(6)25(28)10)13-17(2)15-31-29-26(11)22(7)19(4)23(8)27(29)12;2*8-6-7-4-2-1-3-5-7;/h13,16-17H,14-15H2,1-12H3;2*1-5H;/q3*-1;+3. The van der Waals surface area contributed by atoms with Crippen LogP contribution in [-0.4, -0.2) is 25.7 Å². The Kier molecular flexibility index (Phi) is 18.5. The van der Waals surface area contributed by atoms with Gasteiger partial charge in [-0.05, 0) is 116 Å². The number of hydrogen-bond acceptors (Lipinski definition) is 2. The Morgan fingerprint density at radius 2 is 0.729 bits per heavy atom. The normalized spacial score (nSPS) is 11.3. The summed E-state index contributed by atoms with van der Waals surface area (Å²) in [7, 11) is 0. The molecule has 0 aliphatic rings. The summed E-state index contributed by atoms with van der Waals surface area (Å²) in [5, 5.41) is 10.1. The van der Waals surface area contributed by atoms with E-state index in [1.165, 1.54) is 67.0 Å². The fraction of sp³-hybridized carbons (Fsp3) is 0.372. The number of nitrogens with zero attached hydrogens (tertiary/aromatic N) is 2. The monoisotopic (exact) mass is 719 g/mol. The zero-order chi connectivity index (χ0) is 35.3. The van der Waals surface area contributed by atoms with Gasteiger partial charge in [-0.25, -0.2) is 0 Å². The van der Waals surface area contributed by atoms with Gasteiger partial charge in [0.15, 0.2) is 0 Å². The molecule has 4 rings (SSSR count). The van der Waals surface area contributed by atoms with E-state index in [1.54, 1.807) is 61.1 Å². The maximum Gasteiger partial charge on any atom is 3.00 e.